The molecule has 0 aliphatic carbocycles. The van der Waals surface area contributed by atoms with Gasteiger partial charge < -0.3 is 14.9 Å². The summed E-state index contributed by atoms with van der Waals surface area (Å²) >= 11 is 11.8. The molecule has 110 valence electrons. The summed E-state index contributed by atoms with van der Waals surface area (Å²) in [5.41, 5.74) is 2.37. The fourth-order valence-electron chi connectivity index (χ4n) is 2.44. The average molecular weight is 327 g/mol. The van der Waals surface area contributed by atoms with Crippen molar-refractivity contribution >= 4 is 29.1 Å². The standard InChI is InChI=1S/C13H12Cl2N4O2/c1-6-7(4-10(14)18-11(6)15)12(20)19-3-2-8-9(5-19)17-13(21)16-8/h4H,2-3,5H2,1H3,(H2,16,17,21). The highest BCUT2D eigenvalue weighted by molar-refractivity contribution is 6.33. The van der Waals surface area contributed by atoms with Crippen molar-refractivity contribution in [3.05, 3.63) is 49.4 Å². The fraction of sp³-hybridized carbons (Fsp3) is 0.308. The molecule has 2 aromatic heterocycles. The van der Waals surface area contributed by atoms with Gasteiger partial charge in [-0.25, -0.2) is 9.78 Å². The van der Waals surface area contributed by atoms with Crippen LogP contribution in [0.4, 0.5) is 0 Å². The highest BCUT2D eigenvalue weighted by Gasteiger charge is 2.25. The van der Waals surface area contributed by atoms with Crippen LogP contribution in [0.2, 0.25) is 10.3 Å². The number of carbonyl (C=O) groups is 1. The van der Waals surface area contributed by atoms with E-state index in [1.807, 2.05) is 0 Å². The van der Waals surface area contributed by atoms with Gasteiger partial charge in [0.2, 0.25) is 0 Å². The van der Waals surface area contributed by atoms with Gasteiger partial charge in [-0.3, -0.25) is 4.79 Å². The number of nitrogens with zero attached hydrogens (tertiary/aromatic N) is 2. The van der Waals surface area contributed by atoms with Crippen LogP contribution in [0.15, 0.2) is 10.9 Å². The topological polar surface area (TPSA) is 81.9 Å². The average Bonchev–Trinajstić information content (AvgIpc) is 2.81. The van der Waals surface area contributed by atoms with Gasteiger partial charge in [-0.2, -0.15) is 0 Å². The van der Waals surface area contributed by atoms with E-state index >= 15 is 0 Å². The van der Waals surface area contributed by atoms with Crippen molar-refractivity contribution in [2.24, 2.45) is 0 Å². The summed E-state index contributed by atoms with van der Waals surface area (Å²) in [5.74, 6) is -0.175. The van der Waals surface area contributed by atoms with E-state index in [-0.39, 0.29) is 21.9 Å². The second kappa shape index (κ2) is 5.20. The summed E-state index contributed by atoms with van der Waals surface area (Å²) in [6, 6.07) is 1.51. The van der Waals surface area contributed by atoms with Crippen molar-refractivity contribution in [3.63, 3.8) is 0 Å². The van der Waals surface area contributed by atoms with Gasteiger partial charge in [-0.1, -0.05) is 23.2 Å². The van der Waals surface area contributed by atoms with Gasteiger partial charge in [0.15, 0.2) is 0 Å². The second-order valence-corrected chi connectivity index (χ2v) is 5.67. The van der Waals surface area contributed by atoms with Gasteiger partial charge >= 0.3 is 5.69 Å². The van der Waals surface area contributed by atoms with Crippen LogP contribution < -0.4 is 5.69 Å². The Kier molecular flexibility index (Phi) is 3.51. The lowest BCUT2D eigenvalue weighted by molar-refractivity contribution is 0.0731. The molecular formula is C13H12Cl2N4O2. The number of H-pyrrole nitrogens is 2. The van der Waals surface area contributed by atoms with Gasteiger partial charge in [-0.15, -0.1) is 0 Å². The number of rotatable bonds is 1. The van der Waals surface area contributed by atoms with Crippen LogP contribution in [0.3, 0.4) is 0 Å². The van der Waals surface area contributed by atoms with E-state index in [4.69, 9.17) is 23.2 Å². The zero-order valence-electron chi connectivity index (χ0n) is 11.2. The van der Waals surface area contributed by atoms with E-state index in [1.165, 1.54) is 6.07 Å². The summed E-state index contributed by atoms with van der Waals surface area (Å²) in [4.78, 5) is 34.9. The SMILES string of the molecule is Cc1c(C(=O)N2CCc3[nH]c(=O)[nH]c3C2)cc(Cl)nc1Cl. The molecule has 0 spiro atoms. The maximum Gasteiger partial charge on any atom is 0.323 e. The lowest BCUT2D eigenvalue weighted by atomic mass is 10.1. The fourth-order valence-corrected chi connectivity index (χ4v) is 2.87. The first-order valence-corrected chi connectivity index (χ1v) is 7.13. The largest absolute Gasteiger partial charge is 0.332 e. The number of carbonyl (C=O) groups excluding carboxylic acids is 1. The number of hydrogen-bond acceptors (Lipinski definition) is 3. The van der Waals surface area contributed by atoms with E-state index < -0.39 is 0 Å². The zero-order chi connectivity index (χ0) is 15.1. The Hall–Kier alpha value is -1.79. The van der Waals surface area contributed by atoms with Crippen LogP contribution in [0.5, 0.6) is 0 Å². The molecule has 0 saturated carbocycles. The third-order valence-electron chi connectivity index (χ3n) is 3.57. The molecule has 0 unspecified atom stereocenters. The summed E-state index contributed by atoms with van der Waals surface area (Å²) in [6.07, 6.45) is 0.603. The first-order chi connectivity index (χ1) is 9.95. The lowest BCUT2D eigenvalue weighted by Crippen LogP contribution is -2.36. The Morgan fingerprint density at radius 1 is 1.33 bits per heavy atom. The molecule has 1 aliphatic rings. The summed E-state index contributed by atoms with van der Waals surface area (Å²) in [6.45, 7) is 2.60. The minimum Gasteiger partial charge on any atom is -0.332 e. The van der Waals surface area contributed by atoms with Gasteiger partial charge in [0, 0.05) is 24.2 Å². The Morgan fingerprint density at radius 2 is 2.05 bits per heavy atom. The molecule has 3 rings (SSSR count). The van der Waals surface area contributed by atoms with Crippen molar-refractivity contribution < 1.29 is 4.79 Å². The van der Waals surface area contributed by atoms with Crippen molar-refractivity contribution in [2.45, 2.75) is 19.9 Å². The number of nitrogens with one attached hydrogen (secondary N) is 2. The molecule has 3 heterocycles. The monoisotopic (exact) mass is 326 g/mol. The summed E-state index contributed by atoms with van der Waals surface area (Å²) in [7, 11) is 0. The molecule has 6 nitrogen and oxygen atoms in total. The van der Waals surface area contributed by atoms with E-state index in [9.17, 15) is 9.59 Å². The van der Waals surface area contributed by atoms with E-state index in [0.29, 0.717) is 30.6 Å². The number of imidazole rings is 1. The molecule has 0 fully saturated rings. The van der Waals surface area contributed by atoms with Crippen molar-refractivity contribution in [1.82, 2.24) is 19.9 Å². The van der Waals surface area contributed by atoms with Crippen LogP contribution >= 0.6 is 23.2 Å². The Balaban J connectivity index is 1.92. The molecule has 0 saturated heterocycles. The quantitative estimate of drug-likeness (QED) is 0.785. The third-order valence-corrected chi connectivity index (χ3v) is 4.13. The minimum absolute atomic E-state index is 0.175. The van der Waals surface area contributed by atoms with E-state index in [0.717, 1.165) is 11.4 Å². The Morgan fingerprint density at radius 3 is 2.81 bits per heavy atom. The molecule has 1 aliphatic heterocycles. The van der Waals surface area contributed by atoms with Crippen LogP contribution in [-0.2, 0) is 13.0 Å². The van der Waals surface area contributed by atoms with Crippen LogP contribution in [0, 0.1) is 6.92 Å². The summed E-state index contributed by atoms with van der Waals surface area (Å²) < 4.78 is 0. The van der Waals surface area contributed by atoms with Crippen molar-refractivity contribution in [2.75, 3.05) is 6.54 Å². The number of aromatic amines is 2. The first kappa shape index (κ1) is 14.2. The van der Waals surface area contributed by atoms with Crippen molar-refractivity contribution in [3.8, 4) is 0 Å². The van der Waals surface area contributed by atoms with Gasteiger partial charge in [0.1, 0.15) is 10.3 Å². The maximum atomic E-state index is 12.6. The van der Waals surface area contributed by atoms with E-state index in [2.05, 4.69) is 15.0 Å². The maximum absolute atomic E-state index is 12.6. The molecule has 0 radical (unpaired) electrons. The minimum atomic E-state index is -0.250. The molecular weight excluding hydrogens is 315 g/mol. The molecule has 0 aromatic carbocycles. The second-order valence-electron chi connectivity index (χ2n) is 4.92. The van der Waals surface area contributed by atoms with Crippen LogP contribution in [0.1, 0.15) is 27.3 Å². The van der Waals surface area contributed by atoms with Gasteiger partial charge in [0.05, 0.1) is 12.2 Å². The number of hydrogen-bond donors (Lipinski definition) is 2. The smallest absolute Gasteiger partial charge is 0.323 e. The molecule has 0 atom stereocenters. The van der Waals surface area contributed by atoms with Gasteiger partial charge in [0.25, 0.3) is 5.91 Å². The highest BCUT2D eigenvalue weighted by Crippen LogP contribution is 2.24. The van der Waals surface area contributed by atoms with Crippen LogP contribution in [-0.4, -0.2) is 32.3 Å². The summed E-state index contributed by atoms with van der Waals surface area (Å²) in [5, 5.41) is 0.403. The number of aromatic nitrogens is 3. The van der Waals surface area contributed by atoms with E-state index in [1.54, 1.807) is 11.8 Å². The van der Waals surface area contributed by atoms with Gasteiger partial charge in [-0.05, 0) is 18.6 Å². The van der Waals surface area contributed by atoms with Crippen molar-refractivity contribution in [1.29, 1.82) is 0 Å². The molecule has 2 N–H and O–H groups in total. The lowest BCUT2D eigenvalue weighted by Gasteiger charge is -2.27. The molecule has 1 amide bonds. The number of amides is 1. The molecule has 2 aromatic rings. The zero-order valence-corrected chi connectivity index (χ0v) is 12.7. The molecule has 21 heavy (non-hydrogen) atoms. The third kappa shape index (κ3) is 2.56. The molecule has 8 heteroatoms. The number of pyridine rings is 1. The Bertz CT molecular complexity index is 781. The first-order valence-electron chi connectivity index (χ1n) is 6.37. The highest BCUT2D eigenvalue weighted by atomic mass is 35.5. The number of halogens is 2. The molecule has 0 bridgehead atoms. The predicted octanol–water partition coefficient (Wildman–Crippen LogP) is 1.91. The normalized spacial score (nSPS) is 14.1. The van der Waals surface area contributed by atoms with Crippen LogP contribution in [0.25, 0.3) is 0 Å². The predicted molar refractivity (Wildman–Crippen MR) is 78.9 cm³/mol. The number of fused-ring (bicyclic) bond motifs is 1. The Labute approximate surface area is 130 Å².